The Hall–Kier alpha value is -2.14. The molecule has 0 aromatic carbocycles. The van der Waals surface area contributed by atoms with Gasteiger partial charge >= 0.3 is 0 Å². The highest BCUT2D eigenvalue weighted by atomic mass is 16.2. The monoisotopic (exact) mass is 212 g/mol. The average molecular weight is 212 g/mol. The van der Waals surface area contributed by atoms with E-state index in [1.165, 1.54) is 0 Å². The molecule has 0 aromatic rings. The first-order chi connectivity index (χ1) is 7.63. The van der Waals surface area contributed by atoms with Crippen molar-refractivity contribution in [2.75, 3.05) is 0 Å². The summed E-state index contributed by atoms with van der Waals surface area (Å²) in [4.78, 5) is 15.6. The third-order valence-electron chi connectivity index (χ3n) is 4.13. The highest BCUT2D eigenvalue weighted by Gasteiger charge is 2.76. The second-order valence-corrected chi connectivity index (χ2v) is 4.48. The van der Waals surface area contributed by atoms with Gasteiger partial charge in [0, 0.05) is 11.8 Å². The Morgan fingerprint density at radius 2 is 1.88 bits per heavy atom. The van der Waals surface area contributed by atoms with Crippen LogP contribution < -0.4 is 5.73 Å². The van der Waals surface area contributed by atoms with Gasteiger partial charge in [-0.1, -0.05) is 12.2 Å². The van der Waals surface area contributed by atoms with Gasteiger partial charge < -0.3 is 5.73 Å². The molecule has 4 atom stereocenters. The number of fused-ring (bicyclic) bond motifs is 5. The van der Waals surface area contributed by atoms with Crippen molar-refractivity contribution >= 4 is 11.7 Å². The molecule has 78 valence electrons. The number of rotatable bonds is 0. The molecular formula is C11H8N4O. The molecular weight excluding hydrogens is 204 g/mol. The van der Waals surface area contributed by atoms with E-state index in [1.54, 1.807) is 0 Å². The van der Waals surface area contributed by atoms with E-state index >= 15 is 0 Å². The molecule has 0 aromatic heterocycles. The summed E-state index contributed by atoms with van der Waals surface area (Å²) < 4.78 is 0. The summed E-state index contributed by atoms with van der Waals surface area (Å²) >= 11 is 0. The predicted molar refractivity (Wildman–Crippen MR) is 53.5 cm³/mol. The molecule has 4 unspecified atom stereocenters. The summed E-state index contributed by atoms with van der Waals surface area (Å²) in [6.07, 6.45) is 4.36. The molecule has 16 heavy (non-hydrogen) atoms. The molecule has 3 aliphatic rings. The zero-order valence-electron chi connectivity index (χ0n) is 8.34. The van der Waals surface area contributed by atoms with E-state index < -0.39 is 16.7 Å². The number of hydrogen-bond acceptors (Lipinski definition) is 4. The first-order valence-corrected chi connectivity index (χ1v) is 5.03. The van der Waals surface area contributed by atoms with Crippen molar-refractivity contribution in [3.63, 3.8) is 0 Å². The van der Waals surface area contributed by atoms with Crippen molar-refractivity contribution in [3.05, 3.63) is 12.2 Å². The average Bonchev–Trinajstić information content (AvgIpc) is 2.89. The highest BCUT2D eigenvalue weighted by Crippen LogP contribution is 2.66. The van der Waals surface area contributed by atoms with E-state index in [1.807, 2.05) is 18.2 Å². The van der Waals surface area contributed by atoms with Crippen LogP contribution in [0.3, 0.4) is 0 Å². The van der Waals surface area contributed by atoms with E-state index in [2.05, 4.69) is 11.1 Å². The first-order valence-electron chi connectivity index (χ1n) is 5.03. The molecule has 1 aliphatic heterocycles. The number of nitriles is 2. The van der Waals surface area contributed by atoms with Crippen molar-refractivity contribution in [3.8, 4) is 12.1 Å². The van der Waals surface area contributed by atoms with Gasteiger partial charge in [-0.25, -0.2) is 0 Å². The molecule has 1 amide bonds. The normalized spacial score (nSPS) is 47.4. The molecule has 2 N–H and O–H groups in total. The molecule has 2 aliphatic carbocycles. The maximum Gasteiger partial charge on any atom is 0.270 e. The number of amidine groups is 1. The fraction of sp³-hybridized carbons (Fsp3) is 0.455. The maximum atomic E-state index is 11.9. The number of carbonyl (C=O) groups is 1. The zero-order chi connectivity index (χ0) is 11.6. The number of nitrogens with two attached hydrogens (primary N) is 1. The van der Waals surface area contributed by atoms with Crippen LogP contribution in [0.25, 0.3) is 0 Å². The summed E-state index contributed by atoms with van der Waals surface area (Å²) in [7, 11) is 0. The molecule has 1 heterocycles. The Morgan fingerprint density at radius 1 is 1.31 bits per heavy atom. The van der Waals surface area contributed by atoms with Gasteiger partial charge in [-0.15, -0.1) is 0 Å². The molecule has 3 rings (SSSR count). The summed E-state index contributed by atoms with van der Waals surface area (Å²) in [6.45, 7) is 0. The van der Waals surface area contributed by atoms with Crippen LogP contribution in [0.1, 0.15) is 6.42 Å². The summed E-state index contributed by atoms with van der Waals surface area (Å²) in [5.74, 6) is -0.916. The lowest BCUT2D eigenvalue weighted by atomic mass is 9.60. The van der Waals surface area contributed by atoms with Crippen LogP contribution in [0.2, 0.25) is 0 Å². The second kappa shape index (κ2) is 2.33. The Labute approximate surface area is 91.9 Å². The van der Waals surface area contributed by atoms with E-state index in [0.29, 0.717) is 6.42 Å². The lowest BCUT2D eigenvalue weighted by Crippen LogP contribution is -2.50. The van der Waals surface area contributed by atoms with Crippen LogP contribution in [0, 0.1) is 45.3 Å². The molecule has 5 nitrogen and oxygen atoms in total. The maximum absolute atomic E-state index is 11.9. The number of aliphatic imine (C=N–C) groups is 1. The molecule has 2 bridgehead atoms. The van der Waals surface area contributed by atoms with Crippen molar-refractivity contribution in [1.29, 1.82) is 10.5 Å². The van der Waals surface area contributed by atoms with Crippen molar-refractivity contribution in [2.24, 2.45) is 33.4 Å². The minimum atomic E-state index is -1.37. The number of nitrogens with zero attached hydrogens (tertiary/aromatic N) is 3. The lowest BCUT2D eigenvalue weighted by molar-refractivity contribution is -0.126. The van der Waals surface area contributed by atoms with Gasteiger partial charge in [-0.2, -0.15) is 15.5 Å². The Balaban J connectivity index is 2.37. The Kier molecular flexibility index (Phi) is 1.33. The third kappa shape index (κ3) is 0.563. The van der Waals surface area contributed by atoms with Crippen LogP contribution in [0.4, 0.5) is 0 Å². The van der Waals surface area contributed by atoms with Crippen molar-refractivity contribution < 1.29 is 4.79 Å². The standard InChI is InChI=1S/C11H8N4O/c12-4-10-6-1-2-7(3-6)11(10,5-13)9(16)15-8(10)14/h1-2,6-7H,3H2,(H2,14,15,16). The van der Waals surface area contributed by atoms with Crippen molar-refractivity contribution in [2.45, 2.75) is 6.42 Å². The minimum Gasteiger partial charge on any atom is -0.386 e. The van der Waals surface area contributed by atoms with Gasteiger partial charge in [0.2, 0.25) is 0 Å². The molecule has 1 fully saturated rings. The summed E-state index contributed by atoms with van der Waals surface area (Å²) in [6, 6.07) is 4.12. The second-order valence-electron chi connectivity index (χ2n) is 4.48. The van der Waals surface area contributed by atoms with Crippen LogP contribution in [0.5, 0.6) is 0 Å². The molecule has 0 spiro atoms. The Morgan fingerprint density at radius 3 is 2.38 bits per heavy atom. The summed E-state index contributed by atoms with van der Waals surface area (Å²) in [5, 5.41) is 18.7. The van der Waals surface area contributed by atoms with Gasteiger partial charge in [0.05, 0.1) is 12.1 Å². The van der Waals surface area contributed by atoms with E-state index in [0.717, 1.165) is 0 Å². The van der Waals surface area contributed by atoms with Crippen molar-refractivity contribution in [1.82, 2.24) is 0 Å². The molecule has 0 radical (unpaired) electrons. The quantitative estimate of drug-likeness (QED) is 0.575. The lowest BCUT2D eigenvalue weighted by Gasteiger charge is -2.34. The minimum absolute atomic E-state index is 0.0124. The largest absolute Gasteiger partial charge is 0.386 e. The van der Waals surface area contributed by atoms with Gasteiger partial charge in [0.1, 0.15) is 11.3 Å². The van der Waals surface area contributed by atoms with Gasteiger partial charge in [-0.3, -0.25) is 4.79 Å². The Bertz CT molecular complexity index is 549. The SMILES string of the molecule is N#CC12C(=O)N=C(N)C1(C#N)C1C=CC2C1. The fourth-order valence-electron chi connectivity index (χ4n) is 3.38. The van der Waals surface area contributed by atoms with E-state index in [-0.39, 0.29) is 17.7 Å². The van der Waals surface area contributed by atoms with Gasteiger partial charge in [0.15, 0.2) is 5.41 Å². The van der Waals surface area contributed by atoms with E-state index in [4.69, 9.17) is 5.73 Å². The zero-order valence-corrected chi connectivity index (χ0v) is 8.34. The predicted octanol–water partition coefficient (Wildman–Crippen LogP) is 0.110. The molecule has 5 heteroatoms. The van der Waals surface area contributed by atoms with Gasteiger partial charge in [0.25, 0.3) is 5.91 Å². The van der Waals surface area contributed by atoms with Crippen LogP contribution in [-0.2, 0) is 4.79 Å². The number of allylic oxidation sites excluding steroid dienone is 2. The number of amides is 1. The molecule has 1 saturated carbocycles. The van der Waals surface area contributed by atoms with Gasteiger partial charge in [-0.05, 0) is 6.42 Å². The molecule has 0 saturated heterocycles. The van der Waals surface area contributed by atoms with Crippen LogP contribution in [-0.4, -0.2) is 11.7 Å². The fourth-order valence-corrected chi connectivity index (χ4v) is 3.38. The number of hydrogen-bond donors (Lipinski definition) is 1. The third-order valence-corrected chi connectivity index (χ3v) is 4.13. The number of carbonyl (C=O) groups excluding carboxylic acids is 1. The van der Waals surface area contributed by atoms with Crippen LogP contribution in [0.15, 0.2) is 17.1 Å². The van der Waals surface area contributed by atoms with Crippen LogP contribution >= 0.6 is 0 Å². The highest BCUT2D eigenvalue weighted by molar-refractivity contribution is 6.12. The van der Waals surface area contributed by atoms with E-state index in [9.17, 15) is 15.3 Å². The smallest absolute Gasteiger partial charge is 0.270 e. The summed E-state index contributed by atoms with van der Waals surface area (Å²) in [5.41, 5.74) is 3.13. The first kappa shape index (κ1) is 9.11. The topological polar surface area (TPSA) is 103 Å².